The monoisotopic (exact) mass is 260 g/mol. The Kier molecular flexibility index (Phi) is 7.25. The highest BCUT2D eigenvalue weighted by Gasteiger charge is 2.12. The van der Waals surface area contributed by atoms with Crippen molar-refractivity contribution in [1.82, 2.24) is 0 Å². The zero-order chi connectivity index (χ0) is 13.9. The van der Waals surface area contributed by atoms with Crippen molar-refractivity contribution in [3.8, 4) is 0 Å². The first kappa shape index (κ1) is 15.2. The van der Waals surface area contributed by atoms with Gasteiger partial charge >= 0.3 is 5.97 Å². The molecule has 1 atom stereocenters. The number of hydrogen-bond acceptors (Lipinski definition) is 3. The molecule has 0 aliphatic heterocycles. The predicted molar refractivity (Wildman–Crippen MR) is 75.0 cm³/mol. The number of carbonyl (C=O) groups is 2. The van der Waals surface area contributed by atoms with E-state index in [-0.39, 0.29) is 12.1 Å². The van der Waals surface area contributed by atoms with Gasteiger partial charge in [0.15, 0.2) is 0 Å². The van der Waals surface area contributed by atoms with Crippen LogP contribution in [0, 0.1) is 0 Å². The predicted octanol–water partition coefficient (Wildman–Crippen LogP) is 3.55. The normalized spacial score (nSPS) is 12.3. The molecule has 0 N–H and O–H groups in total. The summed E-state index contributed by atoms with van der Waals surface area (Å²) in [7, 11) is 0. The number of aldehydes is 1. The van der Waals surface area contributed by atoms with Crippen LogP contribution in [-0.2, 0) is 9.53 Å². The maximum atomic E-state index is 11.9. The maximum Gasteiger partial charge on any atom is 0.338 e. The maximum absolute atomic E-state index is 11.9. The van der Waals surface area contributed by atoms with E-state index >= 15 is 0 Å². The van der Waals surface area contributed by atoms with Gasteiger partial charge in [-0.15, -0.1) is 0 Å². The van der Waals surface area contributed by atoms with Gasteiger partial charge in [-0.25, -0.2) is 4.79 Å². The molecule has 0 saturated carbocycles. The van der Waals surface area contributed by atoms with Gasteiger partial charge in [-0.3, -0.25) is 4.79 Å². The molecule has 3 heteroatoms. The third-order valence-electron chi connectivity index (χ3n) is 2.76. The van der Waals surface area contributed by atoms with E-state index in [1.807, 2.05) is 6.07 Å². The summed E-state index contributed by atoms with van der Waals surface area (Å²) in [6, 6.07) is 8.87. The van der Waals surface area contributed by atoms with Crippen LogP contribution in [-0.4, -0.2) is 18.4 Å². The van der Waals surface area contributed by atoms with Crippen molar-refractivity contribution >= 4 is 12.3 Å². The van der Waals surface area contributed by atoms with Crippen molar-refractivity contribution in [2.45, 2.75) is 38.7 Å². The highest BCUT2D eigenvalue weighted by atomic mass is 16.5. The minimum Gasteiger partial charge on any atom is -0.455 e. The number of benzene rings is 1. The average Bonchev–Trinajstić information content (AvgIpc) is 2.45. The molecule has 1 rings (SSSR count). The second kappa shape index (κ2) is 9.09. The molecule has 1 aromatic rings. The van der Waals surface area contributed by atoms with Gasteiger partial charge in [-0.05, 0) is 37.1 Å². The summed E-state index contributed by atoms with van der Waals surface area (Å²) in [4.78, 5) is 22.3. The highest BCUT2D eigenvalue weighted by Crippen LogP contribution is 2.11. The van der Waals surface area contributed by atoms with Crippen molar-refractivity contribution in [3.63, 3.8) is 0 Å². The van der Waals surface area contributed by atoms with Crippen LogP contribution in [0.4, 0.5) is 0 Å². The Bertz CT molecular complexity index is 409. The van der Waals surface area contributed by atoms with E-state index in [0.29, 0.717) is 11.8 Å². The smallest absolute Gasteiger partial charge is 0.338 e. The van der Waals surface area contributed by atoms with Gasteiger partial charge in [-0.1, -0.05) is 38.0 Å². The van der Waals surface area contributed by atoms with E-state index in [4.69, 9.17) is 4.74 Å². The quantitative estimate of drug-likeness (QED) is 0.311. The highest BCUT2D eigenvalue weighted by molar-refractivity contribution is 5.89. The molecule has 102 valence electrons. The van der Waals surface area contributed by atoms with Crippen LogP contribution in [0.1, 0.15) is 43.0 Å². The van der Waals surface area contributed by atoms with Crippen molar-refractivity contribution in [1.29, 1.82) is 0 Å². The first-order valence-electron chi connectivity index (χ1n) is 6.66. The minimum absolute atomic E-state index is 0.329. The molecule has 0 heterocycles. The van der Waals surface area contributed by atoms with E-state index in [9.17, 15) is 9.59 Å². The lowest BCUT2D eigenvalue weighted by Crippen LogP contribution is -2.16. The molecular formula is C16H20O3. The molecule has 0 amide bonds. The Morgan fingerprint density at radius 1 is 1.26 bits per heavy atom. The summed E-state index contributed by atoms with van der Waals surface area (Å²) in [5.41, 5.74) is 0.530. The van der Waals surface area contributed by atoms with Crippen LogP contribution < -0.4 is 0 Å². The minimum atomic E-state index is -0.349. The number of ether oxygens (including phenoxy) is 1. The van der Waals surface area contributed by atoms with Gasteiger partial charge < -0.3 is 4.74 Å². The van der Waals surface area contributed by atoms with E-state index in [1.54, 1.807) is 30.3 Å². The average molecular weight is 260 g/mol. The molecule has 3 nitrogen and oxygen atoms in total. The molecule has 1 unspecified atom stereocenters. The zero-order valence-corrected chi connectivity index (χ0v) is 11.2. The number of allylic oxidation sites excluding steroid dienone is 1. The molecule has 1 aromatic carbocycles. The molecule has 0 spiro atoms. The number of rotatable bonds is 8. The zero-order valence-electron chi connectivity index (χ0n) is 11.2. The van der Waals surface area contributed by atoms with E-state index in [1.165, 1.54) is 6.08 Å². The number of hydrogen-bond donors (Lipinski definition) is 0. The standard InChI is InChI=1S/C16H20O3/c1-2-3-5-11-15(12-8-13-17)19-16(18)14-9-6-4-7-10-14/h4,6-10,12-13,15H,2-3,5,11H2,1H3/b12-8+. The summed E-state index contributed by atoms with van der Waals surface area (Å²) in [6.07, 6.45) is 7.32. The first-order valence-corrected chi connectivity index (χ1v) is 6.66. The lowest BCUT2D eigenvalue weighted by molar-refractivity contribution is -0.104. The topological polar surface area (TPSA) is 43.4 Å². The van der Waals surface area contributed by atoms with Gasteiger partial charge in [0.25, 0.3) is 0 Å². The molecule has 0 radical (unpaired) electrons. The van der Waals surface area contributed by atoms with E-state index < -0.39 is 0 Å². The van der Waals surface area contributed by atoms with E-state index in [0.717, 1.165) is 25.7 Å². The fourth-order valence-electron chi connectivity index (χ4n) is 1.74. The number of unbranched alkanes of at least 4 members (excludes halogenated alkanes) is 2. The van der Waals surface area contributed by atoms with Gasteiger partial charge in [-0.2, -0.15) is 0 Å². The van der Waals surface area contributed by atoms with Crippen molar-refractivity contribution in [2.75, 3.05) is 0 Å². The summed E-state index contributed by atoms with van der Waals surface area (Å²) >= 11 is 0. The van der Waals surface area contributed by atoms with Gasteiger partial charge in [0, 0.05) is 0 Å². The molecule has 0 aromatic heterocycles. The Balaban J connectivity index is 2.58. The molecule has 0 fully saturated rings. The fourth-order valence-corrected chi connectivity index (χ4v) is 1.74. The summed E-state index contributed by atoms with van der Waals surface area (Å²) in [5.74, 6) is -0.349. The molecule has 0 aliphatic rings. The molecule has 0 bridgehead atoms. The molecule has 0 saturated heterocycles. The lowest BCUT2D eigenvalue weighted by Gasteiger charge is -2.14. The Labute approximate surface area is 114 Å². The van der Waals surface area contributed by atoms with Gasteiger partial charge in [0.2, 0.25) is 0 Å². The Hall–Kier alpha value is -1.90. The summed E-state index contributed by atoms with van der Waals surface area (Å²) in [5, 5.41) is 0. The Morgan fingerprint density at radius 2 is 2.00 bits per heavy atom. The number of carbonyl (C=O) groups excluding carboxylic acids is 2. The summed E-state index contributed by atoms with van der Waals surface area (Å²) in [6.45, 7) is 2.12. The largest absolute Gasteiger partial charge is 0.455 e. The van der Waals surface area contributed by atoms with Crippen LogP contribution in [0.2, 0.25) is 0 Å². The van der Waals surface area contributed by atoms with Gasteiger partial charge in [0.1, 0.15) is 12.4 Å². The SMILES string of the molecule is CCCCCC(/C=C/C=O)OC(=O)c1ccccc1. The molecule has 19 heavy (non-hydrogen) atoms. The molecular weight excluding hydrogens is 240 g/mol. The van der Waals surface area contributed by atoms with Gasteiger partial charge in [0.05, 0.1) is 5.56 Å². The van der Waals surface area contributed by atoms with E-state index in [2.05, 4.69) is 6.92 Å². The Morgan fingerprint density at radius 3 is 2.63 bits per heavy atom. The van der Waals surface area contributed by atoms with Crippen molar-refractivity contribution in [2.24, 2.45) is 0 Å². The van der Waals surface area contributed by atoms with Crippen LogP contribution in [0.5, 0.6) is 0 Å². The third kappa shape index (κ3) is 6.00. The fraction of sp³-hybridized carbons (Fsp3) is 0.375. The number of esters is 1. The second-order valence-corrected chi connectivity index (χ2v) is 4.33. The third-order valence-corrected chi connectivity index (χ3v) is 2.76. The van der Waals surface area contributed by atoms with Crippen LogP contribution >= 0.6 is 0 Å². The first-order chi connectivity index (χ1) is 9.27. The summed E-state index contributed by atoms with van der Waals surface area (Å²) < 4.78 is 5.40. The van der Waals surface area contributed by atoms with Crippen LogP contribution in [0.15, 0.2) is 42.5 Å². The second-order valence-electron chi connectivity index (χ2n) is 4.33. The molecule has 0 aliphatic carbocycles. The van der Waals surface area contributed by atoms with Crippen LogP contribution in [0.25, 0.3) is 0 Å². The van der Waals surface area contributed by atoms with Crippen molar-refractivity contribution < 1.29 is 14.3 Å². The van der Waals surface area contributed by atoms with Crippen molar-refractivity contribution in [3.05, 3.63) is 48.0 Å². The lowest BCUT2D eigenvalue weighted by atomic mass is 10.1. The van der Waals surface area contributed by atoms with Crippen LogP contribution in [0.3, 0.4) is 0 Å².